The highest BCUT2D eigenvalue weighted by Gasteiger charge is 2.29. The average molecular weight is 373 g/mol. The first-order valence-corrected chi connectivity index (χ1v) is 9.21. The Kier molecular flexibility index (Phi) is 3.71. The first-order valence-electron chi connectivity index (χ1n) is 9.21. The second-order valence-corrected chi connectivity index (χ2v) is 7.07. The summed E-state index contributed by atoms with van der Waals surface area (Å²) in [5.41, 5.74) is 3.75. The average Bonchev–Trinajstić information content (AvgIpc) is 3.51. The van der Waals surface area contributed by atoms with Crippen molar-refractivity contribution in [2.45, 2.75) is 12.8 Å². The van der Waals surface area contributed by atoms with Gasteiger partial charge in [0, 0.05) is 43.4 Å². The second-order valence-electron chi connectivity index (χ2n) is 7.07. The van der Waals surface area contributed by atoms with Crippen LogP contribution in [0.1, 0.15) is 12.8 Å². The summed E-state index contributed by atoms with van der Waals surface area (Å²) in [6, 6.07) is 7.93. The molecule has 3 aromatic heterocycles. The van der Waals surface area contributed by atoms with E-state index in [1.165, 1.54) is 0 Å². The van der Waals surface area contributed by atoms with Crippen LogP contribution in [0.15, 0.2) is 36.7 Å². The van der Waals surface area contributed by atoms with Crippen molar-refractivity contribution in [2.75, 3.05) is 17.7 Å². The van der Waals surface area contributed by atoms with Crippen molar-refractivity contribution in [1.29, 1.82) is 0 Å². The molecule has 1 aliphatic rings. The van der Waals surface area contributed by atoms with Crippen LogP contribution in [0.2, 0.25) is 0 Å². The van der Waals surface area contributed by atoms with Gasteiger partial charge >= 0.3 is 0 Å². The monoisotopic (exact) mass is 373 g/mol. The van der Waals surface area contributed by atoms with E-state index in [1.54, 1.807) is 10.9 Å². The van der Waals surface area contributed by atoms with Gasteiger partial charge in [-0.1, -0.05) is 11.3 Å². The Morgan fingerprint density at radius 3 is 2.79 bits per heavy atom. The molecule has 1 saturated carbocycles. The number of carbonyl (C=O) groups excluding carboxylic acids is 1. The van der Waals surface area contributed by atoms with Gasteiger partial charge in [0.05, 0.1) is 5.52 Å². The minimum Gasteiger partial charge on any atom is -0.373 e. The molecule has 0 radical (unpaired) electrons. The Balaban J connectivity index is 1.67. The van der Waals surface area contributed by atoms with Gasteiger partial charge in [-0.05, 0) is 42.0 Å². The van der Waals surface area contributed by atoms with Crippen molar-refractivity contribution in [3.8, 4) is 11.1 Å². The number of carbonyl (C=O) groups is 1. The van der Waals surface area contributed by atoms with Crippen LogP contribution < -0.4 is 10.6 Å². The van der Waals surface area contributed by atoms with Crippen LogP contribution in [-0.2, 0) is 11.8 Å². The van der Waals surface area contributed by atoms with Gasteiger partial charge in [0.25, 0.3) is 0 Å². The molecule has 0 aliphatic heterocycles. The highest BCUT2D eigenvalue weighted by atomic mass is 16.2. The Morgan fingerprint density at radius 1 is 1.14 bits per heavy atom. The number of aromatic nitrogens is 5. The topological polar surface area (TPSA) is 97.6 Å². The van der Waals surface area contributed by atoms with Crippen molar-refractivity contribution in [2.24, 2.45) is 13.0 Å². The maximum absolute atomic E-state index is 12.2. The first-order chi connectivity index (χ1) is 13.6. The van der Waals surface area contributed by atoms with E-state index in [1.807, 2.05) is 44.6 Å². The predicted octanol–water partition coefficient (Wildman–Crippen LogP) is 2.97. The molecule has 0 bridgehead atoms. The van der Waals surface area contributed by atoms with E-state index in [0.29, 0.717) is 5.82 Å². The quantitative estimate of drug-likeness (QED) is 0.571. The summed E-state index contributed by atoms with van der Waals surface area (Å²) >= 11 is 0. The molecular weight excluding hydrogens is 354 g/mol. The number of fused-ring (bicyclic) bond motifs is 2. The molecular formula is C20H19N7O. The number of benzene rings is 1. The fraction of sp³-hybridized carbons (Fsp3) is 0.250. The van der Waals surface area contributed by atoms with Crippen molar-refractivity contribution in [3.63, 3.8) is 0 Å². The van der Waals surface area contributed by atoms with Crippen LogP contribution >= 0.6 is 0 Å². The molecule has 0 atom stereocenters. The molecule has 1 aliphatic carbocycles. The number of nitrogens with one attached hydrogen (secondary N) is 2. The summed E-state index contributed by atoms with van der Waals surface area (Å²) in [5, 5.41) is 16.1. The Morgan fingerprint density at radius 2 is 2.00 bits per heavy atom. The van der Waals surface area contributed by atoms with E-state index in [2.05, 4.69) is 30.9 Å². The van der Waals surface area contributed by atoms with Crippen LogP contribution in [-0.4, -0.2) is 37.9 Å². The molecule has 140 valence electrons. The molecule has 8 nitrogen and oxygen atoms in total. The fourth-order valence-corrected chi connectivity index (χ4v) is 3.40. The van der Waals surface area contributed by atoms with Crippen LogP contribution in [0, 0.1) is 5.92 Å². The lowest BCUT2D eigenvalue weighted by atomic mass is 10.0. The molecule has 8 heteroatoms. The van der Waals surface area contributed by atoms with Crippen molar-refractivity contribution >= 4 is 39.3 Å². The zero-order chi connectivity index (χ0) is 19.3. The number of rotatable bonds is 4. The number of aryl methyl sites for hydroxylation is 1. The van der Waals surface area contributed by atoms with E-state index in [9.17, 15) is 4.79 Å². The highest BCUT2D eigenvalue weighted by molar-refractivity contribution is 6.04. The van der Waals surface area contributed by atoms with Gasteiger partial charge < -0.3 is 10.6 Å². The number of pyridine rings is 2. The predicted molar refractivity (Wildman–Crippen MR) is 108 cm³/mol. The van der Waals surface area contributed by atoms with Gasteiger partial charge in [-0.25, -0.2) is 14.6 Å². The molecule has 1 amide bonds. The number of amides is 1. The Labute approximate surface area is 161 Å². The van der Waals surface area contributed by atoms with Crippen LogP contribution in [0.3, 0.4) is 0 Å². The van der Waals surface area contributed by atoms with Gasteiger partial charge in [0.2, 0.25) is 5.91 Å². The summed E-state index contributed by atoms with van der Waals surface area (Å²) in [7, 11) is 3.70. The minimum atomic E-state index is 0.0404. The van der Waals surface area contributed by atoms with Crippen molar-refractivity contribution in [1.82, 2.24) is 25.0 Å². The smallest absolute Gasteiger partial charge is 0.228 e. The van der Waals surface area contributed by atoms with E-state index in [-0.39, 0.29) is 11.8 Å². The van der Waals surface area contributed by atoms with Gasteiger partial charge in [-0.3, -0.25) is 4.79 Å². The zero-order valence-corrected chi connectivity index (χ0v) is 15.6. The Hall–Kier alpha value is -3.55. The molecule has 4 aromatic rings. The molecule has 5 rings (SSSR count). The second kappa shape index (κ2) is 6.26. The van der Waals surface area contributed by atoms with Crippen LogP contribution in [0.4, 0.5) is 11.6 Å². The summed E-state index contributed by atoms with van der Waals surface area (Å²) < 4.78 is 1.75. The van der Waals surface area contributed by atoms with E-state index < -0.39 is 0 Å². The third-order valence-electron chi connectivity index (χ3n) is 5.13. The highest BCUT2D eigenvalue weighted by Crippen LogP contribution is 2.34. The fourth-order valence-electron chi connectivity index (χ4n) is 3.40. The summed E-state index contributed by atoms with van der Waals surface area (Å²) in [6.07, 6.45) is 5.50. The molecule has 0 unspecified atom stereocenters. The lowest BCUT2D eigenvalue weighted by Crippen LogP contribution is -2.14. The van der Waals surface area contributed by atoms with Crippen molar-refractivity contribution < 1.29 is 4.79 Å². The third kappa shape index (κ3) is 2.74. The SMILES string of the molecule is CNc1ncc(-c2ccc3nnn(C)c3c2)c2cc(NC(=O)C3CC3)ncc12. The lowest BCUT2D eigenvalue weighted by molar-refractivity contribution is -0.117. The molecule has 0 saturated heterocycles. The van der Waals surface area contributed by atoms with Gasteiger partial charge in [-0.2, -0.15) is 0 Å². The Bertz CT molecular complexity index is 1230. The largest absolute Gasteiger partial charge is 0.373 e. The first kappa shape index (κ1) is 16.6. The number of hydrogen-bond acceptors (Lipinski definition) is 6. The summed E-state index contributed by atoms with van der Waals surface area (Å²) in [5.74, 6) is 1.47. The van der Waals surface area contributed by atoms with Crippen molar-refractivity contribution in [3.05, 3.63) is 36.7 Å². The number of anilines is 2. The van der Waals surface area contributed by atoms with Gasteiger partial charge in [0.15, 0.2) is 0 Å². The normalized spacial score (nSPS) is 13.8. The minimum absolute atomic E-state index is 0.0404. The third-order valence-corrected chi connectivity index (χ3v) is 5.13. The summed E-state index contributed by atoms with van der Waals surface area (Å²) in [4.78, 5) is 21.1. The molecule has 1 aromatic carbocycles. The van der Waals surface area contributed by atoms with Gasteiger partial charge in [0.1, 0.15) is 17.2 Å². The van der Waals surface area contributed by atoms with Crippen LogP contribution in [0.5, 0.6) is 0 Å². The maximum Gasteiger partial charge on any atom is 0.228 e. The molecule has 0 spiro atoms. The molecule has 1 fully saturated rings. The molecule has 28 heavy (non-hydrogen) atoms. The lowest BCUT2D eigenvalue weighted by Gasteiger charge is -2.12. The standard InChI is InChI=1S/C20H19N7O/c1-21-19-15-10-22-18(24-20(28)11-3-4-11)8-13(15)14(9-23-19)12-5-6-16-17(7-12)27(2)26-25-16/h5-11H,3-4H2,1-2H3,(H,21,23)(H,22,24,28). The summed E-state index contributed by atoms with van der Waals surface area (Å²) in [6.45, 7) is 0. The zero-order valence-electron chi connectivity index (χ0n) is 15.6. The molecule has 2 N–H and O–H groups in total. The van der Waals surface area contributed by atoms with Crippen LogP contribution in [0.25, 0.3) is 32.9 Å². The number of nitrogens with zero attached hydrogens (tertiary/aromatic N) is 5. The van der Waals surface area contributed by atoms with Gasteiger partial charge in [-0.15, -0.1) is 5.10 Å². The van der Waals surface area contributed by atoms with E-state index in [4.69, 9.17) is 0 Å². The van der Waals surface area contributed by atoms with E-state index >= 15 is 0 Å². The maximum atomic E-state index is 12.2. The van der Waals surface area contributed by atoms with E-state index in [0.717, 1.165) is 51.6 Å². The number of hydrogen-bond donors (Lipinski definition) is 2. The molecule has 3 heterocycles.